The smallest absolute Gasteiger partial charge is 0.118 e. The van der Waals surface area contributed by atoms with Crippen molar-refractivity contribution < 1.29 is 4.74 Å². The Morgan fingerprint density at radius 2 is 1.49 bits per heavy atom. The lowest BCUT2D eigenvalue weighted by Crippen LogP contribution is -2.31. The van der Waals surface area contributed by atoms with Crippen LogP contribution in [0.4, 0.5) is 0 Å². The number of H-pyrrole nitrogens is 1. The number of nitrogens with one attached hydrogen (secondary N) is 1. The largest absolute Gasteiger partial charge is 0.497 e. The van der Waals surface area contributed by atoms with E-state index in [1.165, 1.54) is 96.2 Å². The second kappa shape index (κ2) is 22.1. The van der Waals surface area contributed by atoms with E-state index in [0.29, 0.717) is 0 Å². The lowest BCUT2D eigenvalue weighted by molar-refractivity contribution is 0.269. The number of hydrogen-bond donors (Lipinski definition) is 1. The van der Waals surface area contributed by atoms with Crippen molar-refractivity contribution in [3.8, 4) is 5.75 Å². The number of hydrogen-bond acceptors (Lipinski definition) is 3. The molecule has 1 aliphatic rings. The molecule has 0 bridgehead atoms. The third-order valence-corrected chi connectivity index (χ3v) is 8.69. The number of aromatic amines is 1. The standard InChI is InChI=1S/C30H41N3.C9H12O.2C2H6/c1-5-18-32(19-6-2)20-9-8-10-24-12-14-25(15-13-24)30-29-26(17-21-33(30)7-3)27-22-23(4)11-16-28(27)31-29;1-3-8-4-6-9(10-2)7-5-8;2*1-2/h7,11-16,22,30-31H,3,5-6,8-10,17-21H2,1-2,4H3;4-7H,3H2,1-2H3;2*1-2H3. The number of ether oxygens (including phenoxy) is 1. The fraction of sp³-hybridized carbons (Fsp3) is 0.488. The summed E-state index contributed by atoms with van der Waals surface area (Å²) in [5.41, 5.74) is 9.53. The third-order valence-electron chi connectivity index (χ3n) is 8.69. The van der Waals surface area contributed by atoms with E-state index in [-0.39, 0.29) is 6.04 Å². The van der Waals surface area contributed by atoms with Crippen molar-refractivity contribution in [3.05, 3.63) is 113 Å². The first kappa shape index (κ1) is 39.7. The maximum absolute atomic E-state index is 5.01. The summed E-state index contributed by atoms with van der Waals surface area (Å²) in [7, 11) is 1.68. The van der Waals surface area contributed by atoms with Crippen LogP contribution in [0.3, 0.4) is 0 Å². The summed E-state index contributed by atoms with van der Waals surface area (Å²) in [6.45, 7) is 25.7. The molecule has 0 spiro atoms. The lowest BCUT2D eigenvalue weighted by atomic mass is 9.91. The van der Waals surface area contributed by atoms with E-state index in [0.717, 1.165) is 25.1 Å². The molecule has 1 unspecified atom stereocenters. The molecule has 5 rings (SSSR count). The van der Waals surface area contributed by atoms with Crippen molar-refractivity contribution >= 4 is 10.9 Å². The first-order chi connectivity index (χ1) is 23.0. The number of aryl methyl sites for hydroxylation is 3. The number of rotatable bonds is 13. The fourth-order valence-electron chi connectivity index (χ4n) is 6.34. The highest BCUT2D eigenvalue weighted by atomic mass is 16.5. The highest BCUT2D eigenvalue weighted by molar-refractivity contribution is 5.86. The molecule has 1 N–H and O–H groups in total. The Morgan fingerprint density at radius 1 is 0.851 bits per heavy atom. The predicted octanol–water partition coefficient (Wildman–Crippen LogP) is 11.3. The van der Waals surface area contributed by atoms with Gasteiger partial charge in [-0.1, -0.05) is 103 Å². The van der Waals surface area contributed by atoms with Crippen LogP contribution in [0.25, 0.3) is 10.9 Å². The van der Waals surface area contributed by atoms with Gasteiger partial charge in [0.15, 0.2) is 0 Å². The second-order valence-corrected chi connectivity index (χ2v) is 11.9. The van der Waals surface area contributed by atoms with Gasteiger partial charge in [0.05, 0.1) is 13.2 Å². The molecule has 2 heterocycles. The van der Waals surface area contributed by atoms with Crippen LogP contribution >= 0.6 is 0 Å². The van der Waals surface area contributed by atoms with E-state index in [1.54, 1.807) is 7.11 Å². The molecule has 0 fully saturated rings. The Labute approximate surface area is 288 Å². The summed E-state index contributed by atoms with van der Waals surface area (Å²) in [6, 6.07) is 24.5. The van der Waals surface area contributed by atoms with Gasteiger partial charge in [0.2, 0.25) is 0 Å². The first-order valence-electron chi connectivity index (χ1n) is 18.4. The maximum Gasteiger partial charge on any atom is 0.118 e. The van der Waals surface area contributed by atoms with E-state index < -0.39 is 0 Å². The molecule has 4 heteroatoms. The van der Waals surface area contributed by atoms with Gasteiger partial charge in [-0.05, 0) is 124 Å². The minimum absolute atomic E-state index is 0.213. The van der Waals surface area contributed by atoms with Crippen LogP contribution in [0.15, 0.2) is 79.5 Å². The molecule has 4 aromatic rings. The number of aromatic nitrogens is 1. The van der Waals surface area contributed by atoms with Crippen molar-refractivity contribution in [1.29, 1.82) is 0 Å². The van der Waals surface area contributed by atoms with E-state index >= 15 is 0 Å². The summed E-state index contributed by atoms with van der Waals surface area (Å²) in [5.74, 6) is 0.928. The number of nitrogens with zero attached hydrogens (tertiary/aromatic N) is 2. The Balaban J connectivity index is 0.000000462. The molecule has 258 valence electrons. The number of unbranched alkanes of at least 4 members (excludes halogenated alkanes) is 1. The van der Waals surface area contributed by atoms with Gasteiger partial charge in [-0.2, -0.15) is 0 Å². The zero-order chi connectivity index (χ0) is 34.6. The molecule has 1 aliphatic heterocycles. The Bertz CT molecular complexity index is 1370. The van der Waals surface area contributed by atoms with Gasteiger partial charge in [0.25, 0.3) is 0 Å². The van der Waals surface area contributed by atoms with Crippen molar-refractivity contribution in [2.45, 2.75) is 106 Å². The monoisotopic (exact) mass is 640 g/mol. The topological polar surface area (TPSA) is 31.5 Å². The van der Waals surface area contributed by atoms with Gasteiger partial charge in [-0.3, -0.25) is 0 Å². The van der Waals surface area contributed by atoms with Crippen molar-refractivity contribution in [1.82, 2.24) is 14.8 Å². The zero-order valence-corrected chi connectivity index (χ0v) is 31.3. The summed E-state index contributed by atoms with van der Waals surface area (Å²) >= 11 is 0. The molecule has 0 aliphatic carbocycles. The average Bonchev–Trinajstić information content (AvgIpc) is 3.50. The van der Waals surface area contributed by atoms with Gasteiger partial charge in [0, 0.05) is 23.1 Å². The number of fused-ring (bicyclic) bond motifs is 3. The predicted molar refractivity (Wildman–Crippen MR) is 207 cm³/mol. The van der Waals surface area contributed by atoms with Crippen molar-refractivity contribution in [2.24, 2.45) is 0 Å². The third kappa shape index (κ3) is 11.6. The average molecular weight is 640 g/mol. The van der Waals surface area contributed by atoms with Gasteiger partial charge in [0.1, 0.15) is 5.75 Å². The first-order valence-corrected chi connectivity index (χ1v) is 18.4. The summed E-state index contributed by atoms with van der Waals surface area (Å²) < 4.78 is 5.01. The van der Waals surface area contributed by atoms with Crippen LogP contribution in [-0.4, -0.2) is 48.1 Å². The zero-order valence-electron chi connectivity index (χ0n) is 31.3. The molecule has 1 aromatic heterocycles. The molecule has 1 atom stereocenters. The van der Waals surface area contributed by atoms with Crippen LogP contribution in [0, 0.1) is 6.92 Å². The molecule has 0 saturated heterocycles. The molecular formula is C43H65N3O. The fourth-order valence-corrected chi connectivity index (χ4v) is 6.34. The van der Waals surface area contributed by atoms with Crippen LogP contribution in [0.1, 0.15) is 114 Å². The summed E-state index contributed by atoms with van der Waals surface area (Å²) in [6.07, 6.45) is 10.4. The van der Waals surface area contributed by atoms with E-state index in [2.05, 4.69) is 104 Å². The van der Waals surface area contributed by atoms with Crippen molar-refractivity contribution in [3.63, 3.8) is 0 Å². The normalized spacial score (nSPS) is 13.4. The van der Waals surface area contributed by atoms with Crippen LogP contribution in [0.2, 0.25) is 0 Å². The quantitative estimate of drug-likeness (QED) is 0.148. The van der Waals surface area contributed by atoms with Crippen LogP contribution < -0.4 is 4.74 Å². The van der Waals surface area contributed by atoms with Gasteiger partial charge < -0.3 is 19.5 Å². The summed E-state index contributed by atoms with van der Waals surface area (Å²) in [5, 5.41) is 1.38. The molecule has 4 nitrogen and oxygen atoms in total. The molecular weight excluding hydrogens is 574 g/mol. The maximum atomic E-state index is 5.01. The molecule has 3 aromatic carbocycles. The Kier molecular flexibility index (Phi) is 18.7. The lowest BCUT2D eigenvalue weighted by Gasteiger charge is -2.35. The molecule has 0 amide bonds. The minimum Gasteiger partial charge on any atom is -0.497 e. The van der Waals surface area contributed by atoms with Crippen LogP contribution in [0.5, 0.6) is 5.75 Å². The van der Waals surface area contributed by atoms with Gasteiger partial charge >= 0.3 is 0 Å². The van der Waals surface area contributed by atoms with Crippen LogP contribution in [-0.2, 0) is 19.3 Å². The highest BCUT2D eigenvalue weighted by Crippen LogP contribution is 2.38. The van der Waals surface area contributed by atoms with E-state index in [1.807, 2.05) is 46.0 Å². The van der Waals surface area contributed by atoms with Gasteiger partial charge in [-0.25, -0.2) is 0 Å². The number of benzene rings is 3. The van der Waals surface area contributed by atoms with Crippen molar-refractivity contribution in [2.75, 3.05) is 33.3 Å². The number of methoxy groups -OCH3 is 1. The Hall–Kier alpha value is -3.50. The van der Waals surface area contributed by atoms with E-state index in [9.17, 15) is 0 Å². The molecule has 47 heavy (non-hydrogen) atoms. The highest BCUT2D eigenvalue weighted by Gasteiger charge is 2.29. The second-order valence-electron chi connectivity index (χ2n) is 11.9. The Morgan fingerprint density at radius 3 is 2.06 bits per heavy atom. The van der Waals surface area contributed by atoms with E-state index in [4.69, 9.17) is 4.74 Å². The SMILES string of the molecule is C=CN1CCc2c([nH]c3ccc(C)cc23)C1c1ccc(CCCCN(CCC)CCC)cc1.CC.CC.CCc1ccc(OC)cc1. The van der Waals surface area contributed by atoms with Gasteiger partial charge in [-0.15, -0.1) is 0 Å². The molecule has 0 radical (unpaired) electrons. The summed E-state index contributed by atoms with van der Waals surface area (Å²) in [4.78, 5) is 8.75. The minimum atomic E-state index is 0.213. The molecule has 0 saturated carbocycles.